The summed E-state index contributed by atoms with van der Waals surface area (Å²) in [7, 11) is -2.38. The molecule has 3 rings (SSSR count). The second-order valence-corrected chi connectivity index (χ2v) is 12.3. The number of carbonyl (C=O) groups is 2. The van der Waals surface area contributed by atoms with Crippen LogP contribution in [0.5, 0.6) is 5.75 Å². The predicted octanol–water partition coefficient (Wildman–Crippen LogP) is 4.93. The van der Waals surface area contributed by atoms with Crippen LogP contribution >= 0.6 is 23.2 Å². The van der Waals surface area contributed by atoms with Crippen LogP contribution in [0, 0.1) is 0 Å². The molecule has 3 aromatic carbocycles. The van der Waals surface area contributed by atoms with Crippen LogP contribution < -0.4 is 14.4 Å². The lowest BCUT2D eigenvalue weighted by Crippen LogP contribution is -2.54. The number of sulfonamides is 1. The Balaban J connectivity index is 2.08. The zero-order chi connectivity index (χ0) is 29.4. The largest absolute Gasteiger partial charge is 0.497 e. The first-order valence-corrected chi connectivity index (χ1v) is 15.2. The molecule has 0 spiro atoms. The predicted molar refractivity (Wildman–Crippen MR) is 159 cm³/mol. The van der Waals surface area contributed by atoms with Crippen molar-refractivity contribution in [1.82, 2.24) is 10.2 Å². The Labute approximate surface area is 245 Å². The van der Waals surface area contributed by atoms with E-state index in [0.29, 0.717) is 11.3 Å². The average molecular weight is 607 g/mol. The molecule has 2 amide bonds. The number of amides is 2. The van der Waals surface area contributed by atoms with Gasteiger partial charge in [-0.3, -0.25) is 13.9 Å². The molecule has 40 heavy (non-hydrogen) atoms. The van der Waals surface area contributed by atoms with Gasteiger partial charge in [0.05, 0.1) is 29.1 Å². The molecule has 214 valence electrons. The van der Waals surface area contributed by atoms with E-state index in [1.807, 2.05) is 50.2 Å². The molecule has 0 saturated heterocycles. The maximum absolute atomic E-state index is 14.1. The van der Waals surface area contributed by atoms with Crippen LogP contribution in [0.1, 0.15) is 25.0 Å². The highest BCUT2D eigenvalue weighted by molar-refractivity contribution is 7.92. The van der Waals surface area contributed by atoms with Crippen molar-refractivity contribution in [3.63, 3.8) is 0 Å². The second-order valence-electron chi connectivity index (χ2n) is 9.61. The van der Waals surface area contributed by atoms with Crippen LogP contribution in [-0.2, 0) is 32.6 Å². The van der Waals surface area contributed by atoms with Gasteiger partial charge < -0.3 is 15.0 Å². The molecule has 0 radical (unpaired) electrons. The standard InChI is InChI=1S/C29H33Cl2N3O5S/c1-20(2)32-29(36)27(16-21-9-6-5-7-10-21)33(18-22-11-8-12-24(15-22)39-3)28(35)19-34(40(4,37)38)23-13-14-25(30)26(31)17-23/h5-15,17,20,27H,16,18-19H2,1-4H3,(H,32,36)/t27-/m0/s1. The van der Waals surface area contributed by atoms with Gasteiger partial charge in [-0.1, -0.05) is 65.7 Å². The summed E-state index contributed by atoms with van der Waals surface area (Å²) in [5.41, 5.74) is 1.74. The van der Waals surface area contributed by atoms with E-state index in [1.165, 1.54) is 30.2 Å². The lowest BCUT2D eigenvalue weighted by molar-refractivity contribution is -0.140. The Morgan fingerprint density at radius 3 is 2.20 bits per heavy atom. The number of ether oxygens (including phenoxy) is 1. The number of hydrogen-bond donors (Lipinski definition) is 1. The topological polar surface area (TPSA) is 96.0 Å². The summed E-state index contributed by atoms with van der Waals surface area (Å²) >= 11 is 12.2. The van der Waals surface area contributed by atoms with Gasteiger partial charge in [0.25, 0.3) is 0 Å². The second kappa shape index (κ2) is 13.9. The van der Waals surface area contributed by atoms with Crippen molar-refractivity contribution >= 4 is 50.7 Å². The summed E-state index contributed by atoms with van der Waals surface area (Å²) in [6.07, 6.45) is 1.23. The molecule has 8 nitrogen and oxygen atoms in total. The molecule has 1 atom stereocenters. The Kier molecular flexibility index (Phi) is 10.8. The van der Waals surface area contributed by atoms with Crippen molar-refractivity contribution in [1.29, 1.82) is 0 Å². The summed E-state index contributed by atoms with van der Waals surface area (Å²) in [5.74, 6) is -0.334. The molecule has 0 fully saturated rings. The first-order chi connectivity index (χ1) is 18.9. The summed E-state index contributed by atoms with van der Waals surface area (Å²) in [5, 5.41) is 3.31. The molecule has 0 saturated carbocycles. The van der Waals surface area contributed by atoms with Crippen LogP contribution in [0.2, 0.25) is 10.0 Å². The highest BCUT2D eigenvalue weighted by atomic mass is 35.5. The highest BCUT2D eigenvalue weighted by Gasteiger charge is 2.33. The smallest absolute Gasteiger partial charge is 0.244 e. The first-order valence-electron chi connectivity index (χ1n) is 12.6. The van der Waals surface area contributed by atoms with E-state index in [2.05, 4.69) is 5.32 Å². The number of nitrogens with zero attached hydrogens (tertiary/aromatic N) is 2. The van der Waals surface area contributed by atoms with E-state index in [1.54, 1.807) is 18.2 Å². The molecule has 0 aliphatic heterocycles. The summed E-state index contributed by atoms with van der Waals surface area (Å²) < 4.78 is 32.0. The van der Waals surface area contributed by atoms with E-state index in [4.69, 9.17) is 27.9 Å². The van der Waals surface area contributed by atoms with Gasteiger partial charge in [-0.05, 0) is 55.3 Å². The third-order valence-corrected chi connectivity index (χ3v) is 7.94. The van der Waals surface area contributed by atoms with Crippen molar-refractivity contribution < 1.29 is 22.7 Å². The number of nitrogens with one attached hydrogen (secondary N) is 1. The number of carbonyl (C=O) groups excluding carboxylic acids is 2. The van der Waals surface area contributed by atoms with Crippen molar-refractivity contribution in [3.05, 3.63) is 94.0 Å². The van der Waals surface area contributed by atoms with Gasteiger partial charge in [0.15, 0.2) is 0 Å². The van der Waals surface area contributed by atoms with Gasteiger partial charge in [-0.25, -0.2) is 8.42 Å². The molecule has 1 N–H and O–H groups in total. The number of hydrogen-bond acceptors (Lipinski definition) is 5. The van der Waals surface area contributed by atoms with E-state index >= 15 is 0 Å². The summed E-state index contributed by atoms with van der Waals surface area (Å²) in [6.45, 7) is 3.15. The molecule has 0 aliphatic rings. The Bertz CT molecular complexity index is 1430. The molecule has 0 aliphatic carbocycles. The van der Waals surface area contributed by atoms with Crippen molar-refractivity contribution in [2.45, 2.75) is 38.9 Å². The number of benzene rings is 3. The first kappa shape index (κ1) is 31.3. The number of halogens is 2. The van der Waals surface area contributed by atoms with Gasteiger partial charge in [0.1, 0.15) is 18.3 Å². The van der Waals surface area contributed by atoms with Gasteiger partial charge in [-0.15, -0.1) is 0 Å². The average Bonchev–Trinajstić information content (AvgIpc) is 2.90. The minimum Gasteiger partial charge on any atom is -0.497 e. The fourth-order valence-corrected chi connectivity index (χ4v) is 5.29. The molecule has 0 unspecified atom stereocenters. The Morgan fingerprint density at radius 2 is 1.60 bits per heavy atom. The quantitative estimate of drug-likeness (QED) is 0.316. The van der Waals surface area contributed by atoms with Gasteiger partial charge in [0.2, 0.25) is 21.8 Å². The van der Waals surface area contributed by atoms with Crippen molar-refractivity contribution in [2.24, 2.45) is 0 Å². The molecule has 3 aromatic rings. The fraction of sp³-hybridized carbons (Fsp3) is 0.310. The van der Waals surface area contributed by atoms with Gasteiger partial charge in [-0.2, -0.15) is 0 Å². The molecule has 0 aromatic heterocycles. The highest BCUT2D eigenvalue weighted by Crippen LogP contribution is 2.29. The minimum atomic E-state index is -3.92. The monoisotopic (exact) mass is 605 g/mol. The number of methoxy groups -OCH3 is 1. The van der Waals surface area contributed by atoms with Gasteiger partial charge >= 0.3 is 0 Å². The lowest BCUT2D eigenvalue weighted by Gasteiger charge is -2.34. The lowest BCUT2D eigenvalue weighted by atomic mass is 10.0. The molecule has 11 heteroatoms. The number of anilines is 1. The maximum Gasteiger partial charge on any atom is 0.244 e. The number of rotatable bonds is 12. The van der Waals surface area contributed by atoms with E-state index in [9.17, 15) is 18.0 Å². The minimum absolute atomic E-state index is 0.0397. The van der Waals surface area contributed by atoms with Crippen molar-refractivity contribution in [2.75, 3.05) is 24.2 Å². The Morgan fingerprint density at radius 1 is 0.925 bits per heavy atom. The summed E-state index contributed by atoms with van der Waals surface area (Å²) in [4.78, 5) is 29.0. The van der Waals surface area contributed by atoms with E-state index in [0.717, 1.165) is 16.1 Å². The molecular formula is C29H33Cl2N3O5S. The van der Waals surface area contributed by atoms with Crippen molar-refractivity contribution in [3.8, 4) is 5.75 Å². The maximum atomic E-state index is 14.1. The van der Waals surface area contributed by atoms with Crippen LogP contribution in [0.4, 0.5) is 5.69 Å². The Hall–Kier alpha value is -3.27. The van der Waals surface area contributed by atoms with Crippen LogP contribution in [0.25, 0.3) is 0 Å². The van der Waals surface area contributed by atoms with Crippen LogP contribution in [-0.4, -0.2) is 57.1 Å². The molecule has 0 heterocycles. The zero-order valence-electron chi connectivity index (χ0n) is 22.8. The third kappa shape index (κ3) is 8.61. The third-order valence-electron chi connectivity index (χ3n) is 6.06. The van der Waals surface area contributed by atoms with E-state index in [-0.39, 0.29) is 40.6 Å². The summed E-state index contributed by atoms with van der Waals surface area (Å²) in [6, 6.07) is 19.7. The van der Waals surface area contributed by atoms with Crippen LogP contribution in [0.3, 0.4) is 0 Å². The molecular weight excluding hydrogens is 573 g/mol. The van der Waals surface area contributed by atoms with Crippen LogP contribution in [0.15, 0.2) is 72.8 Å². The fourth-order valence-electron chi connectivity index (χ4n) is 4.16. The van der Waals surface area contributed by atoms with Gasteiger partial charge in [0, 0.05) is 19.0 Å². The normalized spacial score (nSPS) is 12.1. The zero-order valence-corrected chi connectivity index (χ0v) is 25.1. The SMILES string of the molecule is COc1cccc(CN(C(=O)CN(c2ccc(Cl)c(Cl)c2)S(C)(=O)=O)[C@@H](Cc2ccccc2)C(=O)NC(C)C)c1. The van der Waals surface area contributed by atoms with E-state index < -0.39 is 28.5 Å². The molecule has 0 bridgehead atoms.